The summed E-state index contributed by atoms with van der Waals surface area (Å²) in [4.78, 5) is 51.8. The minimum Gasteiger partial charge on any atom is -0.394 e. The molecule has 2 aliphatic rings. The van der Waals surface area contributed by atoms with Crippen molar-refractivity contribution in [3.8, 4) is 0 Å². The van der Waals surface area contributed by atoms with E-state index in [2.05, 4.69) is 5.32 Å². The van der Waals surface area contributed by atoms with Gasteiger partial charge in [-0.2, -0.15) is 0 Å². The largest absolute Gasteiger partial charge is 0.394 e. The molecule has 4 amide bonds. The number of hydrogen-bond donors (Lipinski definition) is 5. The molecule has 7 N–H and O–H groups in total. The van der Waals surface area contributed by atoms with E-state index in [-0.39, 0.29) is 0 Å². The van der Waals surface area contributed by atoms with Crippen molar-refractivity contribution in [2.45, 2.75) is 62.9 Å². The summed E-state index contributed by atoms with van der Waals surface area (Å²) in [7, 11) is 0. The highest BCUT2D eigenvalue weighted by atomic mass is 16.3. The molecule has 0 saturated carbocycles. The molecule has 0 aromatic carbocycles. The lowest BCUT2D eigenvalue weighted by molar-refractivity contribution is -0.144. The van der Waals surface area contributed by atoms with Gasteiger partial charge in [-0.15, -0.1) is 0 Å². The van der Waals surface area contributed by atoms with E-state index in [0.717, 1.165) is 0 Å². The fraction of sp³-hybridized carbons (Fsp3) is 0.765. The molecule has 0 bridgehead atoms. The minimum atomic E-state index is -1.24. The highest BCUT2D eigenvalue weighted by molar-refractivity contribution is 5.95. The van der Waals surface area contributed by atoms with E-state index in [0.29, 0.717) is 38.8 Å². The van der Waals surface area contributed by atoms with Gasteiger partial charge < -0.3 is 36.8 Å². The Kier molecular flexibility index (Phi) is 7.33. The smallest absolute Gasteiger partial charge is 0.248 e. The fourth-order valence-electron chi connectivity index (χ4n) is 3.68. The zero-order chi connectivity index (χ0) is 21.0. The van der Waals surface area contributed by atoms with Gasteiger partial charge in [-0.1, -0.05) is 0 Å². The summed E-state index contributed by atoms with van der Waals surface area (Å²) in [6.45, 7) is 1.36. The van der Waals surface area contributed by atoms with Crippen molar-refractivity contribution in [3.05, 3.63) is 0 Å². The lowest BCUT2D eigenvalue weighted by atomic mass is 10.1. The second-order valence-electron chi connectivity index (χ2n) is 7.29. The Morgan fingerprint density at radius 1 is 1.07 bits per heavy atom. The van der Waals surface area contributed by atoms with Gasteiger partial charge in [0, 0.05) is 13.1 Å². The number of carbonyl (C=O) groups excluding carboxylic acids is 4. The number of aliphatic hydroxyl groups excluding tert-OH is 2. The number of nitrogens with one attached hydrogen (secondary N) is 1. The first kappa shape index (κ1) is 22.1. The van der Waals surface area contributed by atoms with Crippen molar-refractivity contribution >= 4 is 23.6 Å². The van der Waals surface area contributed by atoms with E-state index in [1.54, 1.807) is 0 Å². The number of aliphatic hydroxyl groups is 2. The maximum absolute atomic E-state index is 12.7. The number of amides is 4. The van der Waals surface area contributed by atoms with Crippen LogP contribution in [-0.2, 0) is 19.2 Å². The predicted octanol–water partition coefficient (Wildman–Crippen LogP) is -3.36. The zero-order valence-corrected chi connectivity index (χ0v) is 15.9. The topological polar surface area (TPSA) is 179 Å². The number of hydrogen-bond acceptors (Lipinski definition) is 7. The van der Waals surface area contributed by atoms with E-state index >= 15 is 0 Å². The molecule has 11 nitrogen and oxygen atoms in total. The highest BCUT2D eigenvalue weighted by Gasteiger charge is 2.40. The number of carbonyl (C=O) groups is 4. The molecule has 0 aromatic rings. The number of rotatable bonds is 7. The SMILES string of the molecule is C[C@@H](O)[C@H](N)C(=O)N1CCC[C@H]1C(=O)N[C@@H](CO)C(=O)N1CCC[C@H]1C(N)=O. The number of primary amides is 1. The van der Waals surface area contributed by atoms with E-state index in [1.807, 2.05) is 0 Å². The Hall–Kier alpha value is -2.24. The van der Waals surface area contributed by atoms with Gasteiger partial charge in [0.2, 0.25) is 23.6 Å². The standard InChI is InChI=1S/C17H29N5O6/c1-9(24)13(18)17(28)22-7-3-5-12(22)15(26)20-10(8-23)16(27)21-6-2-4-11(21)14(19)25/h9-13,23-24H,2-8,18H2,1H3,(H2,19,25)(H,20,26)/t9-,10+,11+,12+,13+/m1/s1. The molecule has 2 saturated heterocycles. The second-order valence-corrected chi connectivity index (χ2v) is 7.29. The molecule has 0 aromatic heterocycles. The average Bonchev–Trinajstić information content (AvgIpc) is 3.33. The first-order valence-corrected chi connectivity index (χ1v) is 9.44. The molecule has 28 heavy (non-hydrogen) atoms. The van der Waals surface area contributed by atoms with Crippen molar-refractivity contribution in [1.82, 2.24) is 15.1 Å². The van der Waals surface area contributed by atoms with Gasteiger partial charge in [0.1, 0.15) is 24.2 Å². The molecule has 158 valence electrons. The van der Waals surface area contributed by atoms with Crippen LogP contribution in [0.1, 0.15) is 32.6 Å². The molecule has 0 spiro atoms. The summed E-state index contributed by atoms with van der Waals surface area (Å²) in [5.41, 5.74) is 11.0. The van der Waals surface area contributed by atoms with Crippen molar-refractivity contribution < 1.29 is 29.4 Å². The molecule has 2 aliphatic heterocycles. The van der Waals surface area contributed by atoms with Gasteiger partial charge in [-0.05, 0) is 32.6 Å². The van der Waals surface area contributed by atoms with Gasteiger partial charge in [-0.25, -0.2) is 0 Å². The summed E-state index contributed by atoms with van der Waals surface area (Å²) in [5, 5.41) is 21.6. The molecule has 2 rings (SSSR count). The second kappa shape index (κ2) is 9.30. The normalized spacial score (nSPS) is 25.3. The van der Waals surface area contributed by atoms with Gasteiger partial charge in [0.15, 0.2) is 0 Å². The van der Waals surface area contributed by atoms with Gasteiger partial charge >= 0.3 is 0 Å². The maximum Gasteiger partial charge on any atom is 0.248 e. The van der Waals surface area contributed by atoms with Crippen molar-refractivity contribution in [2.75, 3.05) is 19.7 Å². The summed E-state index contributed by atoms with van der Waals surface area (Å²) < 4.78 is 0. The first-order valence-electron chi connectivity index (χ1n) is 9.44. The monoisotopic (exact) mass is 399 g/mol. The molecular weight excluding hydrogens is 370 g/mol. The van der Waals surface area contributed by atoms with Crippen LogP contribution >= 0.6 is 0 Å². The predicted molar refractivity (Wildman–Crippen MR) is 97.3 cm³/mol. The molecule has 0 unspecified atom stereocenters. The quantitative estimate of drug-likeness (QED) is 0.296. The Bertz CT molecular complexity index is 627. The van der Waals surface area contributed by atoms with E-state index in [4.69, 9.17) is 11.5 Å². The number of nitrogens with two attached hydrogens (primary N) is 2. The molecule has 0 aliphatic carbocycles. The van der Waals surface area contributed by atoms with E-state index < -0.39 is 60.5 Å². The first-order chi connectivity index (χ1) is 13.2. The minimum absolute atomic E-state index is 0.310. The summed E-state index contributed by atoms with van der Waals surface area (Å²) in [6, 6.07) is -3.99. The van der Waals surface area contributed by atoms with E-state index in [1.165, 1.54) is 16.7 Å². The number of likely N-dealkylation sites (tertiary alicyclic amines) is 2. The zero-order valence-electron chi connectivity index (χ0n) is 15.9. The number of nitrogens with zero attached hydrogens (tertiary/aromatic N) is 2. The fourth-order valence-corrected chi connectivity index (χ4v) is 3.68. The summed E-state index contributed by atoms with van der Waals surface area (Å²) in [5.74, 6) is -2.36. The van der Waals surface area contributed by atoms with Crippen LogP contribution in [0.2, 0.25) is 0 Å². The molecule has 0 radical (unpaired) electrons. The van der Waals surface area contributed by atoms with Crippen LogP contribution in [0.5, 0.6) is 0 Å². The third-order valence-electron chi connectivity index (χ3n) is 5.30. The van der Waals surface area contributed by atoms with Crippen molar-refractivity contribution in [3.63, 3.8) is 0 Å². The molecule has 5 atom stereocenters. The van der Waals surface area contributed by atoms with Crippen LogP contribution in [-0.4, -0.2) is 93.6 Å². The maximum atomic E-state index is 12.7. The average molecular weight is 399 g/mol. The molecule has 2 heterocycles. The van der Waals surface area contributed by atoms with Crippen molar-refractivity contribution in [2.24, 2.45) is 11.5 Å². The Morgan fingerprint density at radius 3 is 2.11 bits per heavy atom. The third-order valence-corrected chi connectivity index (χ3v) is 5.30. The Balaban J connectivity index is 2.05. The van der Waals surface area contributed by atoms with Crippen LogP contribution in [0.3, 0.4) is 0 Å². The van der Waals surface area contributed by atoms with Crippen LogP contribution < -0.4 is 16.8 Å². The summed E-state index contributed by atoms with van der Waals surface area (Å²) >= 11 is 0. The van der Waals surface area contributed by atoms with Gasteiger partial charge in [0.25, 0.3) is 0 Å². The molecular formula is C17H29N5O6. The van der Waals surface area contributed by atoms with Gasteiger partial charge in [0.05, 0.1) is 12.7 Å². The third kappa shape index (κ3) is 4.59. The van der Waals surface area contributed by atoms with Crippen LogP contribution in [0.25, 0.3) is 0 Å². The van der Waals surface area contributed by atoms with Crippen LogP contribution in [0.4, 0.5) is 0 Å². The lowest BCUT2D eigenvalue weighted by Crippen LogP contribution is -2.58. The molecule has 2 fully saturated rings. The Labute approximate surface area is 163 Å². The van der Waals surface area contributed by atoms with Crippen LogP contribution in [0, 0.1) is 0 Å². The molecule has 11 heteroatoms. The highest BCUT2D eigenvalue weighted by Crippen LogP contribution is 2.20. The summed E-state index contributed by atoms with van der Waals surface area (Å²) in [6.07, 6.45) is 0.932. The van der Waals surface area contributed by atoms with Crippen LogP contribution in [0.15, 0.2) is 0 Å². The lowest BCUT2D eigenvalue weighted by Gasteiger charge is -2.30. The van der Waals surface area contributed by atoms with E-state index in [9.17, 15) is 29.4 Å². The Morgan fingerprint density at radius 2 is 1.61 bits per heavy atom. The van der Waals surface area contributed by atoms with Gasteiger partial charge in [-0.3, -0.25) is 19.2 Å². The van der Waals surface area contributed by atoms with Crippen molar-refractivity contribution in [1.29, 1.82) is 0 Å².